The van der Waals surface area contributed by atoms with Gasteiger partial charge < -0.3 is 45.6 Å². The van der Waals surface area contributed by atoms with Gasteiger partial charge in [-0.1, -0.05) is 7.43 Å². The molecule has 0 saturated heterocycles. The van der Waals surface area contributed by atoms with E-state index in [1.54, 1.807) is 0 Å². The van der Waals surface area contributed by atoms with Gasteiger partial charge in [0.2, 0.25) is 0 Å². The third-order valence-corrected chi connectivity index (χ3v) is 1.84. The molecule has 0 aliphatic heterocycles. The molecule has 0 fully saturated rings. The highest BCUT2D eigenvalue weighted by Gasteiger charge is 2.29. The standard InChI is InChI=1S/C6H12O6.C3H8O3.CH4/c7-1-3(9)5(11)6(12)4(10)2-8;4-1-3(6)2-5;/h1,3-6,8-12H,2H2;3-6H,1-2H2;1H4/t3-,4+,5+,6+;;/m0../s1. The monoisotopic (exact) mass is 288 g/mol. The molecule has 118 valence electrons. The number of carbonyl (C=O) groups is 1. The molecule has 8 N–H and O–H groups in total. The first-order valence-electron chi connectivity index (χ1n) is 5.03. The van der Waals surface area contributed by atoms with Crippen LogP contribution in [0.5, 0.6) is 0 Å². The van der Waals surface area contributed by atoms with Gasteiger partial charge >= 0.3 is 0 Å². The highest BCUT2D eigenvalue weighted by molar-refractivity contribution is 5.56. The van der Waals surface area contributed by atoms with Crippen molar-refractivity contribution in [3.05, 3.63) is 0 Å². The molecule has 0 heterocycles. The van der Waals surface area contributed by atoms with Crippen LogP contribution >= 0.6 is 0 Å². The van der Waals surface area contributed by atoms with E-state index in [4.69, 9.17) is 40.9 Å². The Morgan fingerprint density at radius 2 is 1.21 bits per heavy atom. The van der Waals surface area contributed by atoms with Gasteiger partial charge in [-0.15, -0.1) is 0 Å². The van der Waals surface area contributed by atoms with E-state index >= 15 is 0 Å². The Kier molecular flexibility index (Phi) is 17.0. The maximum atomic E-state index is 9.90. The van der Waals surface area contributed by atoms with E-state index in [0.717, 1.165) is 0 Å². The molecule has 0 aromatic carbocycles. The molecule has 9 nitrogen and oxygen atoms in total. The van der Waals surface area contributed by atoms with E-state index in [-0.39, 0.29) is 26.9 Å². The van der Waals surface area contributed by atoms with Crippen LogP contribution in [0.3, 0.4) is 0 Å². The van der Waals surface area contributed by atoms with E-state index in [1.807, 2.05) is 0 Å². The van der Waals surface area contributed by atoms with Crippen LogP contribution in [0, 0.1) is 0 Å². The molecule has 0 amide bonds. The lowest BCUT2D eigenvalue weighted by molar-refractivity contribution is -0.136. The maximum absolute atomic E-state index is 9.90. The number of aliphatic hydroxyl groups is 8. The van der Waals surface area contributed by atoms with Crippen molar-refractivity contribution in [1.29, 1.82) is 0 Å². The first-order chi connectivity index (χ1) is 8.35. The summed E-state index contributed by atoms with van der Waals surface area (Å²) in [5, 5.41) is 67.6. The Bertz CT molecular complexity index is 197. The van der Waals surface area contributed by atoms with E-state index in [1.165, 1.54) is 0 Å². The van der Waals surface area contributed by atoms with Crippen LogP contribution < -0.4 is 0 Å². The first-order valence-corrected chi connectivity index (χ1v) is 5.03. The lowest BCUT2D eigenvalue weighted by Gasteiger charge is -2.22. The quantitative estimate of drug-likeness (QED) is 0.215. The topological polar surface area (TPSA) is 179 Å². The van der Waals surface area contributed by atoms with E-state index in [0.29, 0.717) is 0 Å². The largest absolute Gasteiger partial charge is 0.394 e. The smallest absolute Gasteiger partial charge is 0.151 e. The molecule has 0 aliphatic rings. The van der Waals surface area contributed by atoms with Gasteiger partial charge in [0.05, 0.1) is 19.8 Å². The third kappa shape index (κ3) is 10.9. The van der Waals surface area contributed by atoms with Crippen molar-refractivity contribution in [2.45, 2.75) is 37.9 Å². The van der Waals surface area contributed by atoms with Crippen LogP contribution in [0.4, 0.5) is 0 Å². The van der Waals surface area contributed by atoms with Crippen molar-refractivity contribution >= 4 is 6.29 Å². The van der Waals surface area contributed by atoms with Gasteiger partial charge in [0, 0.05) is 0 Å². The lowest BCUT2D eigenvalue weighted by atomic mass is 10.0. The summed E-state index contributed by atoms with van der Waals surface area (Å²) in [5.41, 5.74) is 0. The number of rotatable bonds is 7. The van der Waals surface area contributed by atoms with Crippen LogP contribution in [-0.4, -0.2) is 97.5 Å². The molecular formula is C10H24O9. The predicted molar refractivity (Wildman–Crippen MR) is 64.1 cm³/mol. The molecule has 19 heavy (non-hydrogen) atoms. The number of hydrogen-bond donors (Lipinski definition) is 8. The summed E-state index contributed by atoms with van der Waals surface area (Å²) in [6.07, 6.45) is -7.79. The van der Waals surface area contributed by atoms with Gasteiger partial charge in [-0.2, -0.15) is 0 Å². The van der Waals surface area contributed by atoms with Gasteiger partial charge in [0.1, 0.15) is 30.5 Å². The Labute approximate surface area is 111 Å². The molecule has 0 aromatic heterocycles. The molecule has 9 heteroatoms. The second kappa shape index (κ2) is 13.8. The summed E-state index contributed by atoms with van der Waals surface area (Å²) in [7, 11) is 0. The zero-order chi connectivity index (χ0) is 14.7. The van der Waals surface area contributed by atoms with Gasteiger partial charge in [-0.25, -0.2) is 0 Å². The Morgan fingerprint density at radius 1 is 0.789 bits per heavy atom. The minimum Gasteiger partial charge on any atom is -0.394 e. The van der Waals surface area contributed by atoms with Crippen LogP contribution in [0.15, 0.2) is 0 Å². The number of aldehydes is 1. The normalized spacial score (nSPS) is 16.5. The molecular weight excluding hydrogens is 264 g/mol. The van der Waals surface area contributed by atoms with Crippen molar-refractivity contribution in [2.75, 3.05) is 19.8 Å². The fourth-order valence-corrected chi connectivity index (χ4v) is 0.676. The molecule has 0 saturated carbocycles. The van der Waals surface area contributed by atoms with E-state index < -0.39 is 37.1 Å². The summed E-state index contributed by atoms with van der Waals surface area (Å²) in [6.45, 7) is -1.49. The number of aliphatic hydroxyl groups excluding tert-OH is 8. The molecule has 4 atom stereocenters. The fourth-order valence-electron chi connectivity index (χ4n) is 0.676. The fraction of sp³-hybridized carbons (Fsp3) is 0.900. The predicted octanol–water partition coefficient (Wildman–Crippen LogP) is -4.41. The van der Waals surface area contributed by atoms with Gasteiger partial charge in [0.15, 0.2) is 6.29 Å². The summed E-state index contributed by atoms with van der Waals surface area (Å²) < 4.78 is 0. The van der Waals surface area contributed by atoms with Crippen LogP contribution in [0.25, 0.3) is 0 Å². The van der Waals surface area contributed by atoms with Crippen molar-refractivity contribution < 1.29 is 45.6 Å². The van der Waals surface area contributed by atoms with Crippen LogP contribution in [0.1, 0.15) is 7.43 Å². The summed E-state index contributed by atoms with van der Waals surface area (Å²) in [4.78, 5) is 9.90. The molecule has 0 aliphatic carbocycles. The van der Waals surface area contributed by atoms with Crippen molar-refractivity contribution in [1.82, 2.24) is 0 Å². The second-order valence-electron chi connectivity index (χ2n) is 3.38. The molecule has 0 rings (SSSR count). The highest BCUT2D eigenvalue weighted by atomic mass is 16.4. The average Bonchev–Trinajstić information content (AvgIpc) is 2.43. The minimum absolute atomic E-state index is 0. The molecule has 0 spiro atoms. The lowest BCUT2D eigenvalue weighted by Crippen LogP contribution is -2.46. The highest BCUT2D eigenvalue weighted by Crippen LogP contribution is 2.02. The molecule has 0 aromatic rings. The Morgan fingerprint density at radius 3 is 1.42 bits per heavy atom. The molecule has 0 unspecified atom stereocenters. The summed E-state index contributed by atoms with van der Waals surface area (Å²) in [5.74, 6) is 0. The van der Waals surface area contributed by atoms with Gasteiger partial charge in [-0.3, -0.25) is 0 Å². The second-order valence-corrected chi connectivity index (χ2v) is 3.38. The van der Waals surface area contributed by atoms with E-state index in [9.17, 15) is 4.79 Å². The van der Waals surface area contributed by atoms with Crippen molar-refractivity contribution in [3.63, 3.8) is 0 Å². The minimum atomic E-state index is -1.79. The Hall–Kier alpha value is -0.650. The van der Waals surface area contributed by atoms with Gasteiger partial charge in [0.25, 0.3) is 0 Å². The SMILES string of the molecule is C.O=C[C@H](O)[C@@H](O)[C@H](O)[C@H](O)CO.OCC(O)CO. The molecule has 0 bridgehead atoms. The van der Waals surface area contributed by atoms with Crippen molar-refractivity contribution in [3.8, 4) is 0 Å². The van der Waals surface area contributed by atoms with Crippen LogP contribution in [-0.2, 0) is 4.79 Å². The third-order valence-electron chi connectivity index (χ3n) is 1.84. The molecule has 0 radical (unpaired) electrons. The summed E-state index contributed by atoms with van der Waals surface area (Å²) >= 11 is 0. The van der Waals surface area contributed by atoms with E-state index in [2.05, 4.69) is 0 Å². The zero-order valence-corrected chi connectivity index (χ0v) is 9.57. The average molecular weight is 288 g/mol. The van der Waals surface area contributed by atoms with Crippen molar-refractivity contribution in [2.24, 2.45) is 0 Å². The van der Waals surface area contributed by atoms with Gasteiger partial charge in [-0.05, 0) is 0 Å². The zero-order valence-electron chi connectivity index (χ0n) is 9.57. The van der Waals surface area contributed by atoms with Crippen LogP contribution in [0.2, 0.25) is 0 Å². The Balaban J connectivity index is -0.000000313. The maximum Gasteiger partial charge on any atom is 0.151 e. The number of hydrogen-bond acceptors (Lipinski definition) is 9. The summed E-state index contributed by atoms with van der Waals surface area (Å²) in [6, 6.07) is 0. The first kappa shape index (κ1) is 23.4. The number of carbonyl (C=O) groups excluding carboxylic acids is 1.